The highest BCUT2D eigenvalue weighted by Gasteiger charge is 2.25. The van der Waals surface area contributed by atoms with E-state index in [1.165, 1.54) is 11.0 Å². The Kier molecular flexibility index (Phi) is 6.70. The van der Waals surface area contributed by atoms with E-state index in [0.29, 0.717) is 11.5 Å². The van der Waals surface area contributed by atoms with Gasteiger partial charge in [0.05, 0.1) is 16.3 Å². The number of aromatic carboxylic acids is 1. The van der Waals surface area contributed by atoms with Gasteiger partial charge in [0.15, 0.2) is 5.82 Å². The van der Waals surface area contributed by atoms with Gasteiger partial charge in [0, 0.05) is 23.9 Å². The van der Waals surface area contributed by atoms with Gasteiger partial charge in [-0.2, -0.15) is 10.5 Å². The highest BCUT2D eigenvalue weighted by Crippen LogP contribution is 2.33. The van der Waals surface area contributed by atoms with E-state index in [1.807, 2.05) is 12.1 Å². The largest absolute Gasteiger partial charge is 0.477 e. The number of para-hydroxylation sites is 1. The van der Waals surface area contributed by atoms with Crippen LogP contribution in [0.4, 0.5) is 5.69 Å². The lowest BCUT2D eigenvalue weighted by Gasteiger charge is -2.18. The predicted octanol–water partition coefficient (Wildman–Crippen LogP) is 2.69. The summed E-state index contributed by atoms with van der Waals surface area (Å²) in [7, 11) is 1.62. The number of thioether (sulfide) groups is 1. The fraction of sp³-hybridized carbons (Fsp3) is 0.0870. The van der Waals surface area contributed by atoms with E-state index in [0.717, 1.165) is 11.8 Å². The Hall–Kier alpha value is -4.76. The minimum atomic E-state index is -1.49. The summed E-state index contributed by atoms with van der Waals surface area (Å²) in [4.78, 5) is 41.8. The van der Waals surface area contributed by atoms with Gasteiger partial charge in [-0.15, -0.1) is 10.2 Å². The highest BCUT2D eigenvalue weighted by atomic mass is 32.2. The molecule has 11 nitrogen and oxygen atoms in total. The number of benzene rings is 2. The lowest BCUT2D eigenvalue weighted by Crippen LogP contribution is -2.26. The van der Waals surface area contributed by atoms with Crippen LogP contribution in [0.5, 0.6) is 0 Å². The SMILES string of the molecule is CN(C(=O)c1cccc(-c2c(C#N)c(SCc3nn[nH]n3)[nH]c(=O)c2C(=O)O)c1)c1ccccc1. The number of carboxylic acids is 1. The van der Waals surface area contributed by atoms with Crippen molar-refractivity contribution in [1.82, 2.24) is 25.6 Å². The third kappa shape index (κ3) is 4.80. The molecule has 4 rings (SSSR count). The molecule has 3 N–H and O–H groups in total. The Balaban J connectivity index is 1.81. The predicted molar refractivity (Wildman–Crippen MR) is 127 cm³/mol. The van der Waals surface area contributed by atoms with Crippen molar-refractivity contribution in [3.63, 3.8) is 0 Å². The van der Waals surface area contributed by atoms with E-state index in [1.54, 1.807) is 49.5 Å². The van der Waals surface area contributed by atoms with Crippen LogP contribution in [-0.2, 0) is 5.75 Å². The molecule has 2 heterocycles. The number of anilines is 1. The van der Waals surface area contributed by atoms with E-state index >= 15 is 0 Å². The Labute approximate surface area is 202 Å². The molecule has 0 unspecified atom stereocenters. The van der Waals surface area contributed by atoms with Crippen molar-refractivity contribution in [3.8, 4) is 17.2 Å². The summed E-state index contributed by atoms with van der Waals surface area (Å²) in [6.45, 7) is 0. The number of hydrogen-bond acceptors (Lipinski definition) is 8. The Morgan fingerprint density at radius 2 is 1.94 bits per heavy atom. The second-order valence-electron chi connectivity index (χ2n) is 7.22. The summed E-state index contributed by atoms with van der Waals surface area (Å²) in [5.74, 6) is -1.33. The van der Waals surface area contributed by atoms with Gasteiger partial charge in [0.1, 0.15) is 11.6 Å². The molecule has 12 heteroatoms. The van der Waals surface area contributed by atoms with Crippen LogP contribution in [0.15, 0.2) is 64.4 Å². The molecule has 0 bridgehead atoms. The Morgan fingerprint density at radius 3 is 2.60 bits per heavy atom. The molecule has 0 atom stereocenters. The number of hydrogen-bond donors (Lipinski definition) is 3. The summed E-state index contributed by atoms with van der Waals surface area (Å²) in [5.41, 5.74) is -0.406. The number of rotatable bonds is 7. The van der Waals surface area contributed by atoms with Crippen LogP contribution in [0.2, 0.25) is 0 Å². The fourth-order valence-electron chi connectivity index (χ4n) is 3.44. The van der Waals surface area contributed by atoms with E-state index in [-0.39, 0.29) is 38.9 Å². The third-order valence-corrected chi connectivity index (χ3v) is 6.09. The Bertz CT molecular complexity index is 1490. The third-order valence-electron chi connectivity index (χ3n) is 5.09. The molecule has 0 aliphatic rings. The van der Waals surface area contributed by atoms with Crippen LogP contribution in [0.25, 0.3) is 11.1 Å². The normalized spacial score (nSPS) is 10.5. The molecule has 0 saturated carbocycles. The molecule has 0 fully saturated rings. The molecule has 174 valence electrons. The molecule has 35 heavy (non-hydrogen) atoms. The van der Waals surface area contributed by atoms with Gasteiger partial charge in [-0.25, -0.2) is 4.79 Å². The first kappa shape index (κ1) is 23.4. The van der Waals surface area contributed by atoms with E-state index < -0.39 is 17.1 Å². The van der Waals surface area contributed by atoms with Gasteiger partial charge in [0.25, 0.3) is 11.5 Å². The maximum Gasteiger partial charge on any atom is 0.342 e. The number of amides is 1. The van der Waals surface area contributed by atoms with Crippen LogP contribution in [0, 0.1) is 11.3 Å². The molecule has 0 aliphatic carbocycles. The average molecular weight is 488 g/mol. The van der Waals surface area contributed by atoms with Gasteiger partial charge in [-0.1, -0.05) is 47.3 Å². The van der Waals surface area contributed by atoms with Crippen molar-refractivity contribution in [2.75, 3.05) is 11.9 Å². The van der Waals surface area contributed by atoms with Crippen molar-refractivity contribution in [1.29, 1.82) is 5.26 Å². The zero-order valence-electron chi connectivity index (χ0n) is 18.2. The number of H-pyrrole nitrogens is 2. The lowest BCUT2D eigenvalue weighted by atomic mass is 9.95. The van der Waals surface area contributed by atoms with Gasteiger partial charge in [-0.3, -0.25) is 9.59 Å². The van der Waals surface area contributed by atoms with Gasteiger partial charge < -0.3 is 15.0 Å². The summed E-state index contributed by atoms with van der Waals surface area (Å²) in [5, 5.41) is 33.3. The van der Waals surface area contributed by atoms with E-state index in [2.05, 4.69) is 25.6 Å². The summed E-state index contributed by atoms with van der Waals surface area (Å²) >= 11 is 1.05. The molecule has 0 saturated heterocycles. The van der Waals surface area contributed by atoms with Crippen molar-refractivity contribution < 1.29 is 14.7 Å². The van der Waals surface area contributed by atoms with Crippen molar-refractivity contribution in [3.05, 3.63) is 87.5 Å². The zero-order chi connectivity index (χ0) is 24.9. The summed E-state index contributed by atoms with van der Waals surface area (Å²) in [6.07, 6.45) is 0. The number of aromatic nitrogens is 5. The number of aromatic amines is 2. The maximum absolute atomic E-state index is 13.1. The van der Waals surface area contributed by atoms with Crippen LogP contribution in [-0.4, -0.2) is 49.6 Å². The molecular weight excluding hydrogens is 470 g/mol. The van der Waals surface area contributed by atoms with Gasteiger partial charge >= 0.3 is 5.97 Å². The molecule has 0 aliphatic heterocycles. The summed E-state index contributed by atoms with van der Waals surface area (Å²) < 4.78 is 0. The van der Waals surface area contributed by atoms with Crippen molar-refractivity contribution in [2.45, 2.75) is 10.8 Å². The van der Waals surface area contributed by atoms with Crippen LogP contribution < -0.4 is 10.5 Å². The molecule has 2 aromatic carbocycles. The number of pyridine rings is 1. The van der Waals surface area contributed by atoms with Crippen LogP contribution >= 0.6 is 11.8 Å². The number of nitrogens with one attached hydrogen (secondary N) is 2. The number of nitrogens with zero attached hydrogens (tertiary/aromatic N) is 5. The topological polar surface area (TPSA) is 169 Å². The smallest absolute Gasteiger partial charge is 0.342 e. The summed E-state index contributed by atoms with van der Waals surface area (Å²) in [6, 6.07) is 17.2. The fourth-order valence-corrected chi connectivity index (χ4v) is 4.29. The molecule has 0 radical (unpaired) electrons. The number of carbonyl (C=O) groups is 2. The van der Waals surface area contributed by atoms with Crippen LogP contribution in [0.3, 0.4) is 0 Å². The molecule has 1 amide bonds. The van der Waals surface area contributed by atoms with E-state index in [9.17, 15) is 24.8 Å². The highest BCUT2D eigenvalue weighted by molar-refractivity contribution is 7.98. The second-order valence-corrected chi connectivity index (χ2v) is 8.21. The number of carboxylic acid groups (broad SMARTS) is 1. The van der Waals surface area contributed by atoms with E-state index in [4.69, 9.17) is 0 Å². The maximum atomic E-state index is 13.1. The van der Waals surface area contributed by atoms with Gasteiger partial charge in [-0.05, 0) is 29.8 Å². The minimum Gasteiger partial charge on any atom is -0.477 e. The molecular formula is C23H17N7O4S. The number of tetrazole rings is 1. The van der Waals surface area contributed by atoms with Gasteiger partial charge in [0.2, 0.25) is 0 Å². The quantitative estimate of drug-likeness (QED) is 0.332. The molecule has 4 aromatic rings. The monoisotopic (exact) mass is 487 g/mol. The van der Waals surface area contributed by atoms with Crippen molar-refractivity contribution in [2.24, 2.45) is 0 Å². The average Bonchev–Trinajstić information content (AvgIpc) is 3.40. The lowest BCUT2D eigenvalue weighted by molar-refractivity contribution is 0.0695. The Morgan fingerprint density at radius 1 is 1.17 bits per heavy atom. The first-order valence-electron chi connectivity index (χ1n) is 10.1. The first-order chi connectivity index (χ1) is 16.9. The number of carbonyl (C=O) groups excluding carboxylic acids is 1. The number of nitriles is 1. The zero-order valence-corrected chi connectivity index (χ0v) is 19.0. The molecule has 0 spiro atoms. The molecule has 2 aromatic heterocycles. The van der Waals surface area contributed by atoms with Crippen molar-refractivity contribution >= 4 is 29.3 Å². The van der Waals surface area contributed by atoms with Crippen LogP contribution in [0.1, 0.15) is 32.1 Å². The second kappa shape index (κ2) is 10.0. The minimum absolute atomic E-state index is 0.0449. The first-order valence-corrected chi connectivity index (χ1v) is 11.1. The standard InChI is InChI=1S/C23H17N7O4S/c1-30(15-8-3-2-4-9-15)22(32)14-7-5-6-13(10-14)18-16(11-24)21(25-20(31)19(18)23(33)34)35-12-17-26-28-29-27-17/h2-10H,12H2,1H3,(H,25,31)(H,33,34)(H,26,27,28,29).